The number of carbonyl (C=O) groups is 1. The van der Waals surface area contributed by atoms with Crippen molar-refractivity contribution in [3.63, 3.8) is 0 Å². The molecule has 1 atom stereocenters. The lowest BCUT2D eigenvalue weighted by Crippen LogP contribution is -2.39. The molecule has 26 heavy (non-hydrogen) atoms. The van der Waals surface area contributed by atoms with Gasteiger partial charge in [-0.15, -0.1) is 0 Å². The molecule has 2 aliphatic rings. The van der Waals surface area contributed by atoms with E-state index in [0.717, 1.165) is 31.1 Å². The lowest BCUT2D eigenvalue weighted by Gasteiger charge is -2.30. The van der Waals surface area contributed by atoms with Crippen molar-refractivity contribution in [2.45, 2.75) is 44.8 Å². The van der Waals surface area contributed by atoms with E-state index in [-0.39, 0.29) is 5.91 Å². The average molecular weight is 351 g/mol. The molecule has 1 amide bonds. The fourth-order valence-corrected chi connectivity index (χ4v) is 3.80. The number of hydrogen-bond acceptors (Lipinski definition) is 5. The van der Waals surface area contributed by atoms with Gasteiger partial charge in [0.2, 0.25) is 5.91 Å². The molecule has 1 aromatic carbocycles. The molecule has 0 bridgehead atoms. The van der Waals surface area contributed by atoms with Crippen LogP contribution in [-0.2, 0) is 11.3 Å². The minimum absolute atomic E-state index is 0.0370. The van der Waals surface area contributed by atoms with Crippen LogP contribution in [0.5, 0.6) is 0 Å². The molecule has 2 heterocycles. The number of likely N-dealkylation sites (tertiary alicyclic amines) is 1. The second kappa shape index (κ2) is 7.41. The van der Waals surface area contributed by atoms with Crippen LogP contribution in [-0.4, -0.2) is 45.9 Å². The summed E-state index contributed by atoms with van der Waals surface area (Å²) in [7, 11) is 0. The molecule has 1 aromatic heterocycles. The van der Waals surface area contributed by atoms with Crippen LogP contribution < -0.4 is 10.2 Å². The predicted molar refractivity (Wildman–Crippen MR) is 102 cm³/mol. The Balaban J connectivity index is 1.38. The Kier molecular flexibility index (Phi) is 4.84. The van der Waals surface area contributed by atoms with Crippen molar-refractivity contribution in [1.82, 2.24) is 14.9 Å². The van der Waals surface area contributed by atoms with Gasteiger partial charge in [0.25, 0.3) is 0 Å². The largest absolute Gasteiger partial charge is 0.349 e. The van der Waals surface area contributed by atoms with E-state index in [2.05, 4.69) is 37.2 Å². The third-order valence-corrected chi connectivity index (χ3v) is 5.09. The average Bonchev–Trinajstić information content (AvgIpc) is 3.36. The molecule has 0 radical (unpaired) electrons. The molecule has 1 saturated heterocycles. The summed E-state index contributed by atoms with van der Waals surface area (Å²) in [5.41, 5.74) is 2.13. The van der Waals surface area contributed by atoms with E-state index < -0.39 is 0 Å². The first-order valence-electron chi connectivity index (χ1n) is 9.32. The monoisotopic (exact) mass is 351 g/mol. The Labute approximate surface area is 154 Å². The van der Waals surface area contributed by atoms with Crippen LogP contribution in [0.15, 0.2) is 42.9 Å². The van der Waals surface area contributed by atoms with Crippen LogP contribution in [0.25, 0.3) is 0 Å². The third kappa shape index (κ3) is 4.02. The summed E-state index contributed by atoms with van der Waals surface area (Å²) < 4.78 is 0. The number of nitrogens with one attached hydrogen (secondary N) is 1. The second-order valence-corrected chi connectivity index (χ2v) is 7.26. The molecule has 2 aromatic rings. The van der Waals surface area contributed by atoms with Gasteiger partial charge in [0, 0.05) is 50.5 Å². The number of aromatic nitrogens is 2. The highest BCUT2D eigenvalue weighted by molar-refractivity contribution is 5.88. The number of anilines is 2. The first-order valence-corrected chi connectivity index (χ1v) is 9.32. The summed E-state index contributed by atoms with van der Waals surface area (Å²) in [5, 5.41) is 2.81. The van der Waals surface area contributed by atoms with Gasteiger partial charge in [-0.25, -0.2) is 9.97 Å². The van der Waals surface area contributed by atoms with Crippen molar-refractivity contribution in [2.75, 3.05) is 23.3 Å². The first-order chi connectivity index (χ1) is 12.7. The van der Waals surface area contributed by atoms with Crippen molar-refractivity contribution in [2.24, 2.45) is 0 Å². The van der Waals surface area contributed by atoms with Gasteiger partial charge in [-0.05, 0) is 43.0 Å². The molecule has 136 valence electrons. The van der Waals surface area contributed by atoms with E-state index in [0.29, 0.717) is 12.1 Å². The normalized spacial score (nSPS) is 20.1. The van der Waals surface area contributed by atoms with Crippen LogP contribution in [0.2, 0.25) is 0 Å². The van der Waals surface area contributed by atoms with Gasteiger partial charge in [0.05, 0.1) is 0 Å². The van der Waals surface area contributed by atoms with Crippen LogP contribution in [0.4, 0.5) is 11.5 Å². The van der Waals surface area contributed by atoms with Gasteiger partial charge in [-0.1, -0.05) is 12.1 Å². The molecule has 1 unspecified atom stereocenters. The summed E-state index contributed by atoms with van der Waals surface area (Å²) in [4.78, 5) is 24.7. The lowest BCUT2D eigenvalue weighted by molar-refractivity contribution is -0.114. The minimum atomic E-state index is -0.0370. The van der Waals surface area contributed by atoms with Gasteiger partial charge in [0.15, 0.2) is 0 Å². The molecular formula is C20H25N5O. The molecule has 0 spiro atoms. The lowest BCUT2D eigenvalue weighted by atomic mass is 10.2. The van der Waals surface area contributed by atoms with Crippen molar-refractivity contribution in [3.05, 3.63) is 48.4 Å². The molecule has 4 rings (SSSR count). The van der Waals surface area contributed by atoms with E-state index in [1.54, 1.807) is 6.33 Å². The molecule has 1 aliphatic carbocycles. The van der Waals surface area contributed by atoms with Crippen molar-refractivity contribution < 1.29 is 4.79 Å². The summed E-state index contributed by atoms with van der Waals surface area (Å²) in [5.74, 6) is 1.03. The molecular weight excluding hydrogens is 326 g/mol. The number of benzene rings is 1. The quantitative estimate of drug-likeness (QED) is 0.867. The van der Waals surface area contributed by atoms with Crippen LogP contribution in [0.1, 0.15) is 31.7 Å². The molecule has 1 aliphatic heterocycles. The molecule has 6 nitrogen and oxygen atoms in total. The Morgan fingerprint density at radius 3 is 2.65 bits per heavy atom. The van der Waals surface area contributed by atoms with E-state index >= 15 is 0 Å². The van der Waals surface area contributed by atoms with Crippen LogP contribution in [0, 0.1) is 0 Å². The summed E-state index contributed by atoms with van der Waals surface area (Å²) in [6.45, 7) is 4.64. The van der Waals surface area contributed by atoms with Gasteiger partial charge < -0.3 is 10.2 Å². The van der Waals surface area contributed by atoms with E-state index in [1.165, 1.54) is 31.7 Å². The smallest absolute Gasteiger partial charge is 0.221 e. The molecule has 1 saturated carbocycles. The second-order valence-electron chi connectivity index (χ2n) is 7.26. The topological polar surface area (TPSA) is 61.4 Å². The number of amides is 1. The fraction of sp³-hybridized carbons (Fsp3) is 0.450. The predicted octanol–water partition coefficient (Wildman–Crippen LogP) is 2.68. The Bertz CT molecular complexity index is 745. The van der Waals surface area contributed by atoms with Crippen molar-refractivity contribution in [3.8, 4) is 0 Å². The SMILES string of the molecule is CC(=O)Nc1ccc(CN2CCC(N(c3ccncn3)C3CC3)C2)cc1. The van der Waals surface area contributed by atoms with E-state index in [9.17, 15) is 4.79 Å². The first kappa shape index (κ1) is 17.0. The number of rotatable bonds is 6. The standard InChI is InChI=1S/C20H25N5O/c1-15(26)23-17-4-2-16(3-5-17)12-24-11-9-19(13-24)25(18-6-7-18)20-8-10-21-14-22-20/h2-5,8,10,14,18-19H,6-7,9,11-13H2,1H3,(H,23,26). The number of carbonyl (C=O) groups excluding carboxylic acids is 1. The van der Waals surface area contributed by atoms with E-state index in [1.807, 2.05) is 24.4 Å². The summed E-state index contributed by atoms with van der Waals surface area (Å²) in [6, 6.07) is 11.3. The van der Waals surface area contributed by atoms with Gasteiger partial charge >= 0.3 is 0 Å². The molecule has 1 N–H and O–H groups in total. The van der Waals surface area contributed by atoms with Gasteiger partial charge in [0.1, 0.15) is 12.1 Å². The highest BCUT2D eigenvalue weighted by Gasteiger charge is 2.37. The van der Waals surface area contributed by atoms with Crippen molar-refractivity contribution in [1.29, 1.82) is 0 Å². The maximum Gasteiger partial charge on any atom is 0.221 e. The van der Waals surface area contributed by atoms with E-state index in [4.69, 9.17) is 0 Å². The Hall–Kier alpha value is -2.47. The van der Waals surface area contributed by atoms with Gasteiger partial charge in [-0.3, -0.25) is 9.69 Å². The van der Waals surface area contributed by atoms with Gasteiger partial charge in [-0.2, -0.15) is 0 Å². The number of hydrogen-bond donors (Lipinski definition) is 1. The third-order valence-electron chi connectivity index (χ3n) is 5.09. The summed E-state index contributed by atoms with van der Waals surface area (Å²) >= 11 is 0. The Morgan fingerprint density at radius 2 is 2.00 bits per heavy atom. The van der Waals surface area contributed by atoms with Crippen LogP contribution in [0.3, 0.4) is 0 Å². The highest BCUT2D eigenvalue weighted by Crippen LogP contribution is 2.35. The molecule has 6 heteroatoms. The fourth-order valence-electron chi connectivity index (χ4n) is 3.80. The summed E-state index contributed by atoms with van der Waals surface area (Å²) in [6.07, 6.45) is 7.19. The minimum Gasteiger partial charge on any atom is -0.349 e. The number of nitrogens with zero attached hydrogens (tertiary/aromatic N) is 4. The Morgan fingerprint density at radius 1 is 1.19 bits per heavy atom. The zero-order valence-electron chi connectivity index (χ0n) is 15.1. The zero-order valence-corrected chi connectivity index (χ0v) is 15.1. The zero-order chi connectivity index (χ0) is 17.9. The van der Waals surface area contributed by atoms with Crippen LogP contribution >= 0.6 is 0 Å². The molecule has 2 fully saturated rings. The highest BCUT2D eigenvalue weighted by atomic mass is 16.1. The maximum absolute atomic E-state index is 11.1. The maximum atomic E-state index is 11.1. The van der Waals surface area contributed by atoms with Crippen molar-refractivity contribution >= 4 is 17.4 Å².